The van der Waals surface area contributed by atoms with E-state index in [0.29, 0.717) is 45.7 Å². The molecule has 1 aliphatic rings. The first-order valence-corrected chi connectivity index (χ1v) is 10.2. The molecule has 0 spiro atoms. The van der Waals surface area contributed by atoms with Gasteiger partial charge in [-0.05, 0) is 33.0 Å². The molecule has 0 unspecified atom stereocenters. The van der Waals surface area contributed by atoms with Gasteiger partial charge < -0.3 is 29.4 Å². The first-order valence-electron chi connectivity index (χ1n) is 10.2. The molecule has 31 heavy (non-hydrogen) atoms. The summed E-state index contributed by atoms with van der Waals surface area (Å²) in [5.41, 5.74) is 1.49. The minimum atomic E-state index is -0.303. The number of methoxy groups -OCH3 is 3. The van der Waals surface area contributed by atoms with E-state index in [1.165, 1.54) is 7.11 Å². The maximum absolute atomic E-state index is 12.9. The summed E-state index contributed by atoms with van der Waals surface area (Å²) >= 11 is 0. The molecule has 9 heteroatoms. The molecular formula is C22H27N5O4. The Morgan fingerprint density at radius 1 is 1.06 bits per heavy atom. The molecule has 0 atom stereocenters. The van der Waals surface area contributed by atoms with Gasteiger partial charge in [-0.25, -0.2) is 9.97 Å². The zero-order valence-electron chi connectivity index (χ0n) is 18.2. The van der Waals surface area contributed by atoms with E-state index in [0.717, 1.165) is 31.6 Å². The molecule has 2 aromatic heterocycles. The van der Waals surface area contributed by atoms with Crippen molar-refractivity contribution in [2.24, 2.45) is 0 Å². The van der Waals surface area contributed by atoms with Crippen molar-refractivity contribution in [2.45, 2.75) is 18.9 Å². The lowest BCUT2D eigenvalue weighted by molar-refractivity contribution is 0.264. The van der Waals surface area contributed by atoms with Gasteiger partial charge in [-0.3, -0.25) is 4.79 Å². The number of hydrogen-bond donors (Lipinski definition) is 2. The van der Waals surface area contributed by atoms with Gasteiger partial charge in [-0.1, -0.05) is 0 Å². The van der Waals surface area contributed by atoms with Crippen molar-refractivity contribution in [2.75, 3.05) is 46.8 Å². The number of ether oxygens (including phenoxy) is 3. The third-order valence-corrected chi connectivity index (χ3v) is 5.60. The lowest BCUT2D eigenvalue weighted by Crippen LogP contribution is -2.36. The van der Waals surface area contributed by atoms with E-state index in [-0.39, 0.29) is 5.56 Å². The van der Waals surface area contributed by atoms with Gasteiger partial charge >= 0.3 is 0 Å². The van der Waals surface area contributed by atoms with Crippen LogP contribution < -0.4 is 25.1 Å². The topological polar surface area (TPSA) is 102 Å². The van der Waals surface area contributed by atoms with Crippen molar-refractivity contribution in [1.29, 1.82) is 0 Å². The summed E-state index contributed by atoms with van der Waals surface area (Å²) in [7, 11) is 6.80. The number of H-pyrrole nitrogens is 1. The molecule has 3 heterocycles. The van der Waals surface area contributed by atoms with Gasteiger partial charge in [0.05, 0.1) is 38.7 Å². The number of pyridine rings is 1. The zero-order valence-corrected chi connectivity index (χ0v) is 18.2. The number of nitrogens with one attached hydrogen (secondary N) is 2. The first-order chi connectivity index (χ1) is 15.0. The highest BCUT2D eigenvalue weighted by atomic mass is 16.5. The van der Waals surface area contributed by atoms with Crippen molar-refractivity contribution in [3.63, 3.8) is 0 Å². The van der Waals surface area contributed by atoms with Crippen molar-refractivity contribution >= 4 is 16.6 Å². The normalized spacial score (nSPS) is 15.1. The van der Waals surface area contributed by atoms with E-state index < -0.39 is 0 Å². The molecule has 0 aliphatic carbocycles. The highest BCUT2D eigenvalue weighted by molar-refractivity contribution is 5.87. The van der Waals surface area contributed by atoms with Crippen molar-refractivity contribution in [3.8, 4) is 28.8 Å². The number of aromatic amines is 1. The maximum atomic E-state index is 12.9. The van der Waals surface area contributed by atoms with E-state index in [4.69, 9.17) is 14.2 Å². The predicted molar refractivity (Wildman–Crippen MR) is 119 cm³/mol. The number of piperidine rings is 1. The van der Waals surface area contributed by atoms with Crippen LogP contribution in [0, 0.1) is 0 Å². The lowest BCUT2D eigenvalue weighted by atomic mass is 10.0. The highest BCUT2D eigenvalue weighted by Crippen LogP contribution is 2.32. The van der Waals surface area contributed by atoms with Gasteiger partial charge in [0.1, 0.15) is 28.3 Å². The van der Waals surface area contributed by atoms with Crippen LogP contribution in [0.1, 0.15) is 12.8 Å². The fraction of sp³-hybridized carbons (Fsp3) is 0.409. The van der Waals surface area contributed by atoms with Crippen LogP contribution in [0.15, 0.2) is 29.2 Å². The van der Waals surface area contributed by atoms with E-state index in [1.807, 2.05) is 6.07 Å². The van der Waals surface area contributed by atoms with Crippen molar-refractivity contribution in [1.82, 2.24) is 19.9 Å². The summed E-state index contributed by atoms with van der Waals surface area (Å²) in [4.78, 5) is 27.3. The van der Waals surface area contributed by atoms with E-state index in [1.54, 1.807) is 32.5 Å². The van der Waals surface area contributed by atoms with Gasteiger partial charge in [-0.15, -0.1) is 0 Å². The lowest BCUT2D eigenvalue weighted by Gasteiger charge is -2.30. The Kier molecular flexibility index (Phi) is 5.94. The second kappa shape index (κ2) is 8.81. The van der Waals surface area contributed by atoms with Crippen LogP contribution in [0.25, 0.3) is 22.4 Å². The second-order valence-electron chi connectivity index (χ2n) is 7.63. The number of benzene rings is 1. The highest BCUT2D eigenvalue weighted by Gasteiger charge is 2.21. The number of rotatable bonds is 6. The summed E-state index contributed by atoms with van der Waals surface area (Å²) in [6, 6.07) is 5.56. The monoisotopic (exact) mass is 425 g/mol. The number of anilines is 1. The number of fused-ring (bicyclic) bond motifs is 1. The molecule has 4 rings (SSSR count). The van der Waals surface area contributed by atoms with Crippen LogP contribution in [0.3, 0.4) is 0 Å². The van der Waals surface area contributed by atoms with Gasteiger partial charge in [0.2, 0.25) is 0 Å². The molecular weight excluding hydrogens is 398 g/mol. The van der Waals surface area contributed by atoms with E-state index in [2.05, 4.69) is 32.2 Å². The average molecular weight is 425 g/mol. The predicted octanol–water partition coefficient (Wildman–Crippen LogP) is 2.52. The fourth-order valence-corrected chi connectivity index (χ4v) is 3.83. The molecule has 1 aromatic carbocycles. The summed E-state index contributed by atoms with van der Waals surface area (Å²) < 4.78 is 16.1. The van der Waals surface area contributed by atoms with Crippen LogP contribution in [0.5, 0.6) is 17.2 Å². The van der Waals surface area contributed by atoms with Crippen LogP contribution in [-0.4, -0.2) is 67.4 Å². The molecule has 2 N–H and O–H groups in total. The quantitative estimate of drug-likeness (QED) is 0.621. The second-order valence-corrected chi connectivity index (χ2v) is 7.63. The summed E-state index contributed by atoms with van der Waals surface area (Å²) in [5, 5.41) is 3.94. The third-order valence-electron chi connectivity index (χ3n) is 5.60. The van der Waals surface area contributed by atoms with E-state index >= 15 is 0 Å². The molecule has 0 amide bonds. The zero-order chi connectivity index (χ0) is 22.0. The fourth-order valence-electron chi connectivity index (χ4n) is 3.83. The average Bonchev–Trinajstić information content (AvgIpc) is 2.79. The van der Waals surface area contributed by atoms with Gasteiger partial charge in [-0.2, -0.15) is 0 Å². The van der Waals surface area contributed by atoms with Crippen LogP contribution in [0.2, 0.25) is 0 Å². The molecule has 1 fully saturated rings. The molecule has 164 valence electrons. The molecule has 0 bridgehead atoms. The van der Waals surface area contributed by atoms with Crippen LogP contribution in [-0.2, 0) is 0 Å². The van der Waals surface area contributed by atoms with Gasteiger partial charge in [0, 0.05) is 24.2 Å². The molecule has 3 aromatic rings. The first kappa shape index (κ1) is 20.9. The molecule has 0 saturated carbocycles. The molecule has 1 saturated heterocycles. The molecule has 1 aliphatic heterocycles. The maximum Gasteiger partial charge on any atom is 0.262 e. The standard InChI is InChI=1S/C22H27N5O4/c1-27-7-5-13(6-8-27)24-17-10-15(30-3)12-23-20(17)21-25-16-9-14(29-2)11-18(31-4)19(16)22(28)26-21/h9-13,24H,5-8H2,1-4H3,(H,25,26,28). The van der Waals surface area contributed by atoms with Crippen molar-refractivity contribution in [3.05, 3.63) is 34.7 Å². The minimum Gasteiger partial charge on any atom is -0.497 e. The third kappa shape index (κ3) is 4.27. The largest absolute Gasteiger partial charge is 0.497 e. The van der Waals surface area contributed by atoms with Crippen LogP contribution >= 0.6 is 0 Å². The summed E-state index contributed by atoms with van der Waals surface area (Å²) in [5.74, 6) is 1.96. The molecule has 0 radical (unpaired) electrons. The SMILES string of the molecule is COc1cnc(-c2nc3cc(OC)cc(OC)c3c(=O)[nH]2)c(NC2CCN(C)CC2)c1. The smallest absolute Gasteiger partial charge is 0.262 e. The summed E-state index contributed by atoms with van der Waals surface area (Å²) in [6.07, 6.45) is 3.65. The Bertz CT molecular complexity index is 1140. The Hall–Kier alpha value is -3.33. The number of nitrogens with zero attached hydrogens (tertiary/aromatic N) is 3. The Morgan fingerprint density at radius 3 is 2.48 bits per heavy atom. The number of likely N-dealkylation sites (tertiary alicyclic amines) is 1. The van der Waals surface area contributed by atoms with Gasteiger partial charge in [0.25, 0.3) is 5.56 Å². The Morgan fingerprint density at radius 2 is 1.81 bits per heavy atom. The number of hydrogen-bond acceptors (Lipinski definition) is 8. The van der Waals surface area contributed by atoms with Gasteiger partial charge in [0.15, 0.2) is 5.82 Å². The molecule has 9 nitrogen and oxygen atoms in total. The van der Waals surface area contributed by atoms with E-state index in [9.17, 15) is 4.79 Å². The summed E-state index contributed by atoms with van der Waals surface area (Å²) in [6.45, 7) is 2.05. The minimum absolute atomic E-state index is 0.302. The van der Waals surface area contributed by atoms with Crippen LogP contribution in [0.4, 0.5) is 5.69 Å². The van der Waals surface area contributed by atoms with Crippen molar-refractivity contribution < 1.29 is 14.2 Å². The Balaban J connectivity index is 1.80. The number of aromatic nitrogens is 3. The Labute approximate surface area is 180 Å².